The lowest BCUT2D eigenvalue weighted by Crippen LogP contribution is -2.33. The molecule has 1 aromatic carbocycles. The van der Waals surface area contributed by atoms with E-state index < -0.39 is 0 Å². The lowest BCUT2D eigenvalue weighted by Gasteiger charge is -2.32. The largest absolute Gasteiger partial charge is 0.299 e. The van der Waals surface area contributed by atoms with Crippen LogP contribution in [0.1, 0.15) is 59.4 Å². The number of carbonyl (C=O) groups is 1. The van der Waals surface area contributed by atoms with Gasteiger partial charge in [-0.3, -0.25) is 4.79 Å². The van der Waals surface area contributed by atoms with Crippen LogP contribution in [0.2, 0.25) is 0 Å². The maximum absolute atomic E-state index is 12.1. The van der Waals surface area contributed by atoms with Crippen LogP contribution >= 0.6 is 11.8 Å². The molecule has 0 radical (unpaired) electrons. The molecule has 0 amide bonds. The minimum Gasteiger partial charge on any atom is -0.299 e. The summed E-state index contributed by atoms with van der Waals surface area (Å²) >= 11 is 1.87. The molecular formula is C18H26OS. The summed E-state index contributed by atoms with van der Waals surface area (Å²) in [4.78, 5) is 13.4. The highest BCUT2D eigenvalue weighted by Crippen LogP contribution is 2.39. The predicted molar refractivity (Wildman–Crippen MR) is 87.4 cm³/mol. The van der Waals surface area contributed by atoms with Crippen molar-refractivity contribution in [1.29, 1.82) is 0 Å². The van der Waals surface area contributed by atoms with Crippen LogP contribution in [0, 0.1) is 5.41 Å². The Labute approximate surface area is 127 Å². The van der Waals surface area contributed by atoms with Crippen LogP contribution in [0.15, 0.2) is 29.2 Å². The molecule has 0 spiro atoms. The van der Waals surface area contributed by atoms with E-state index in [1.54, 1.807) is 0 Å². The van der Waals surface area contributed by atoms with Gasteiger partial charge in [-0.1, -0.05) is 46.8 Å². The van der Waals surface area contributed by atoms with Gasteiger partial charge in [-0.15, -0.1) is 11.8 Å². The Hall–Kier alpha value is -0.760. The van der Waals surface area contributed by atoms with E-state index in [1.165, 1.54) is 10.5 Å². The van der Waals surface area contributed by atoms with E-state index in [0.29, 0.717) is 11.0 Å². The number of hydrogen-bond donors (Lipinski definition) is 0. The highest BCUT2D eigenvalue weighted by molar-refractivity contribution is 8.00. The van der Waals surface area contributed by atoms with Gasteiger partial charge in [0.1, 0.15) is 5.78 Å². The van der Waals surface area contributed by atoms with Gasteiger partial charge in [0.15, 0.2) is 0 Å². The van der Waals surface area contributed by atoms with Crippen LogP contribution in [0.3, 0.4) is 0 Å². The van der Waals surface area contributed by atoms with Gasteiger partial charge in [0.05, 0.1) is 0 Å². The Kier molecular flexibility index (Phi) is 4.34. The third kappa shape index (κ3) is 3.66. The Balaban J connectivity index is 2.00. The minimum absolute atomic E-state index is 0.104. The fourth-order valence-electron chi connectivity index (χ4n) is 2.57. The van der Waals surface area contributed by atoms with Crippen molar-refractivity contribution in [3.63, 3.8) is 0 Å². The second kappa shape index (κ2) is 5.55. The number of ketones is 1. The topological polar surface area (TPSA) is 17.1 Å². The lowest BCUT2D eigenvalue weighted by molar-refractivity contribution is -0.129. The van der Waals surface area contributed by atoms with Gasteiger partial charge < -0.3 is 0 Å². The number of hydrogen-bond acceptors (Lipinski definition) is 2. The summed E-state index contributed by atoms with van der Waals surface area (Å²) in [5, 5.41) is 0.455. The van der Waals surface area contributed by atoms with Crippen molar-refractivity contribution in [3.05, 3.63) is 29.8 Å². The average molecular weight is 290 g/mol. The first kappa shape index (κ1) is 15.6. The summed E-state index contributed by atoms with van der Waals surface area (Å²) in [5.41, 5.74) is 1.46. The maximum atomic E-state index is 12.1. The van der Waals surface area contributed by atoms with Gasteiger partial charge in [0.2, 0.25) is 0 Å². The van der Waals surface area contributed by atoms with Crippen molar-refractivity contribution < 1.29 is 4.79 Å². The molecule has 1 aliphatic rings. The molecule has 1 saturated carbocycles. The van der Waals surface area contributed by atoms with E-state index in [9.17, 15) is 4.79 Å². The Bertz CT molecular complexity index is 479. The molecule has 1 aliphatic carbocycles. The lowest BCUT2D eigenvalue weighted by atomic mass is 9.76. The Morgan fingerprint density at radius 3 is 2.25 bits per heavy atom. The Morgan fingerprint density at radius 1 is 1.15 bits per heavy atom. The van der Waals surface area contributed by atoms with E-state index in [-0.39, 0.29) is 10.8 Å². The van der Waals surface area contributed by atoms with E-state index in [1.807, 2.05) is 11.8 Å². The standard InChI is InChI=1S/C18H26OS/c1-17(2,3)13-6-8-14(9-7-13)20-15-10-11-18(4,5)16(19)12-15/h6-9,15H,10-12H2,1-5H3/t15-/m1/s1. The molecule has 2 heteroatoms. The third-order valence-corrected chi connectivity index (χ3v) is 5.56. The number of Topliss-reactive ketones (excluding diaryl/α,β-unsaturated/α-hetero) is 1. The molecule has 1 atom stereocenters. The van der Waals surface area contributed by atoms with E-state index in [0.717, 1.165) is 19.3 Å². The van der Waals surface area contributed by atoms with Crippen molar-refractivity contribution in [3.8, 4) is 0 Å². The molecule has 0 aromatic heterocycles. The zero-order valence-electron chi connectivity index (χ0n) is 13.3. The van der Waals surface area contributed by atoms with Crippen molar-refractivity contribution in [2.24, 2.45) is 5.41 Å². The van der Waals surface area contributed by atoms with Gasteiger partial charge in [0.25, 0.3) is 0 Å². The van der Waals surface area contributed by atoms with Crippen LogP contribution in [-0.2, 0) is 10.2 Å². The molecule has 0 heterocycles. The summed E-state index contributed by atoms with van der Waals surface area (Å²) in [7, 11) is 0. The summed E-state index contributed by atoms with van der Waals surface area (Å²) in [6.45, 7) is 10.9. The van der Waals surface area contributed by atoms with Gasteiger partial charge in [-0.25, -0.2) is 0 Å². The number of benzene rings is 1. The molecule has 1 nitrogen and oxygen atoms in total. The molecule has 0 unspecified atom stereocenters. The molecule has 0 bridgehead atoms. The normalized spacial score (nSPS) is 22.9. The number of thioether (sulfide) groups is 1. The third-order valence-electron chi connectivity index (χ3n) is 4.28. The zero-order valence-corrected chi connectivity index (χ0v) is 14.1. The van der Waals surface area contributed by atoms with Crippen LogP contribution in [0.4, 0.5) is 0 Å². The summed E-state index contributed by atoms with van der Waals surface area (Å²) in [6, 6.07) is 8.85. The number of carbonyl (C=O) groups excluding carboxylic acids is 1. The zero-order chi connectivity index (χ0) is 15.0. The van der Waals surface area contributed by atoms with Crippen molar-refractivity contribution in [1.82, 2.24) is 0 Å². The average Bonchev–Trinajstić information content (AvgIpc) is 2.34. The fourth-order valence-corrected chi connectivity index (χ4v) is 3.72. The van der Waals surface area contributed by atoms with Gasteiger partial charge in [-0.2, -0.15) is 0 Å². The fraction of sp³-hybridized carbons (Fsp3) is 0.611. The van der Waals surface area contributed by atoms with Crippen LogP contribution in [0.5, 0.6) is 0 Å². The monoisotopic (exact) mass is 290 g/mol. The molecular weight excluding hydrogens is 264 g/mol. The molecule has 0 saturated heterocycles. The van der Waals surface area contributed by atoms with Crippen LogP contribution in [-0.4, -0.2) is 11.0 Å². The first-order valence-corrected chi connectivity index (χ1v) is 8.37. The molecule has 20 heavy (non-hydrogen) atoms. The molecule has 0 N–H and O–H groups in total. The van der Waals surface area contributed by atoms with Gasteiger partial charge >= 0.3 is 0 Å². The first-order chi connectivity index (χ1) is 9.18. The SMILES string of the molecule is CC1(C)CC[C@@H](Sc2ccc(C(C)(C)C)cc2)CC1=O. The highest BCUT2D eigenvalue weighted by atomic mass is 32.2. The van der Waals surface area contributed by atoms with Crippen molar-refractivity contribution >= 4 is 17.5 Å². The van der Waals surface area contributed by atoms with Crippen molar-refractivity contribution in [2.45, 2.75) is 69.4 Å². The summed E-state index contributed by atoms with van der Waals surface area (Å²) in [5.74, 6) is 0.424. The molecule has 110 valence electrons. The van der Waals surface area contributed by atoms with Crippen LogP contribution < -0.4 is 0 Å². The summed E-state index contributed by atoms with van der Waals surface area (Å²) < 4.78 is 0. The second-order valence-electron chi connectivity index (χ2n) is 7.56. The van der Waals surface area contributed by atoms with Gasteiger partial charge in [-0.05, 0) is 36.0 Å². The maximum Gasteiger partial charge on any atom is 0.139 e. The Morgan fingerprint density at radius 2 is 1.75 bits per heavy atom. The number of rotatable bonds is 2. The van der Waals surface area contributed by atoms with Gasteiger partial charge in [0, 0.05) is 22.0 Å². The molecule has 2 rings (SSSR count). The quantitative estimate of drug-likeness (QED) is 0.742. The molecule has 0 aliphatic heterocycles. The van der Waals surface area contributed by atoms with E-state index >= 15 is 0 Å². The highest BCUT2D eigenvalue weighted by Gasteiger charge is 2.34. The van der Waals surface area contributed by atoms with E-state index in [2.05, 4.69) is 58.9 Å². The summed E-state index contributed by atoms with van der Waals surface area (Å²) in [6.07, 6.45) is 2.88. The predicted octanol–water partition coefficient (Wildman–Crippen LogP) is 5.22. The first-order valence-electron chi connectivity index (χ1n) is 7.49. The van der Waals surface area contributed by atoms with Crippen LogP contribution in [0.25, 0.3) is 0 Å². The van der Waals surface area contributed by atoms with E-state index in [4.69, 9.17) is 0 Å². The minimum atomic E-state index is -0.104. The molecule has 1 aromatic rings. The van der Waals surface area contributed by atoms with Crippen molar-refractivity contribution in [2.75, 3.05) is 0 Å². The molecule has 1 fully saturated rings. The second-order valence-corrected chi connectivity index (χ2v) is 8.94. The smallest absolute Gasteiger partial charge is 0.139 e.